The predicted octanol–water partition coefficient (Wildman–Crippen LogP) is 2.15. The molecule has 20 heavy (non-hydrogen) atoms. The van der Waals surface area contributed by atoms with E-state index in [1.807, 2.05) is 18.2 Å². The number of hydrogen-bond acceptors (Lipinski definition) is 4. The van der Waals surface area contributed by atoms with Crippen molar-refractivity contribution in [2.45, 2.75) is 37.4 Å². The number of nitrogens with zero attached hydrogens (tertiary/aromatic N) is 1. The van der Waals surface area contributed by atoms with Crippen LogP contribution >= 0.6 is 0 Å². The molecule has 1 aliphatic heterocycles. The molecule has 1 aromatic carbocycles. The number of para-hydroxylation sites is 1. The first-order valence-corrected chi connectivity index (χ1v) is 7.37. The van der Waals surface area contributed by atoms with Gasteiger partial charge in [0.2, 0.25) is 0 Å². The fraction of sp³-hybridized carbons (Fsp3) is 0.625. The van der Waals surface area contributed by atoms with E-state index in [1.165, 1.54) is 0 Å². The minimum absolute atomic E-state index is 0.172. The number of benzene rings is 1. The summed E-state index contributed by atoms with van der Waals surface area (Å²) in [4.78, 5) is 2.29. The highest BCUT2D eigenvalue weighted by molar-refractivity contribution is 5.51. The molecule has 0 aromatic heterocycles. The summed E-state index contributed by atoms with van der Waals surface area (Å²) in [5, 5.41) is 10.4. The molecule has 0 bridgehead atoms. The van der Waals surface area contributed by atoms with Crippen LogP contribution in [0.3, 0.4) is 0 Å². The van der Waals surface area contributed by atoms with Gasteiger partial charge in [-0.15, -0.1) is 0 Å². The number of hydrogen-bond donors (Lipinski definition) is 1. The summed E-state index contributed by atoms with van der Waals surface area (Å²) < 4.78 is 11.6. The van der Waals surface area contributed by atoms with Crippen molar-refractivity contribution in [2.24, 2.45) is 0 Å². The van der Waals surface area contributed by atoms with E-state index in [1.54, 1.807) is 7.11 Å². The van der Waals surface area contributed by atoms with Gasteiger partial charge in [-0.3, -0.25) is 0 Å². The van der Waals surface area contributed by atoms with Gasteiger partial charge in [0.1, 0.15) is 6.10 Å². The third-order valence-electron chi connectivity index (χ3n) is 4.29. The van der Waals surface area contributed by atoms with Gasteiger partial charge in [0.15, 0.2) is 11.5 Å². The second-order valence-electron chi connectivity index (χ2n) is 6.01. The van der Waals surface area contributed by atoms with Crippen molar-refractivity contribution in [3.05, 3.63) is 23.8 Å². The zero-order valence-electron chi connectivity index (χ0n) is 12.3. The molecule has 1 aliphatic carbocycles. The summed E-state index contributed by atoms with van der Waals surface area (Å²) in [5.41, 5.74) is 0.176. The van der Waals surface area contributed by atoms with Crippen molar-refractivity contribution in [1.29, 1.82) is 0 Å². The first-order valence-electron chi connectivity index (χ1n) is 7.37. The lowest BCUT2D eigenvalue weighted by Gasteiger charge is -2.31. The lowest BCUT2D eigenvalue weighted by atomic mass is 10.0. The number of rotatable bonds is 4. The Morgan fingerprint density at radius 2 is 2.15 bits per heavy atom. The van der Waals surface area contributed by atoms with Gasteiger partial charge in [-0.1, -0.05) is 12.1 Å². The van der Waals surface area contributed by atoms with Crippen LogP contribution in [0.15, 0.2) is 18.2 Å². The molecule has 4 heteroatoms. The summed E-state index contributed by atoms with van der Waals surface area (Å²) in [5.74, 6) is 1.45. The number of aliphatic hydroxyl groups is 1. The van der Waals surface area contributed by atoms with Gasteiger partial charge >= 0.3 is 0 Å². The summed E-state index contributed by atoms with van der Waals surface area (Å²) in [6.07, 6.45) is 3.99. The number of ether oxygens (including phenoxy) is 2. The highest BCUT2D eigenvalue weighted by Crippen LogP contribution is 2.51. The number of methoxy groups -OCH3 is 1. The summed E-state index contributed by atoms with van der Waals surface area (Å²) in [7, 11) is 3.77. The van der Waals surface area contributed by atoms with Crippen LogP contribution in [-0.2, 0) is 5.60 Å². The van der Waals surface area contributed by atoms with Crippen LogP contribution in [0.5, 0.6) is 11.5 Å². The van der Waals surface area contributed by atoms with Crippen LogP contribution in [0.25, 0.3) is 0 Å². The third-order valence-corrected chi connectivity index (χ3v) is 4.29. The lowest BCUT2D eigenvalue weighted by Crippen LogP contribution is -2.38. The van der Waals surface area contributed by atoms with E-state index in [4.69, 9.17) is 9.47 Å². The molecule has 1 atom stereocenters. The molecule has 2 fully saturated rings. The van der Waals surface area contributed by atoms with Gasteiger partial charge < -0.3 is 19.5 Å². The Hall–Kier alpha value is -1.26. The summed E-state index contributed by atoms with van der Waals surface area (Å²) in [6, 6.07) is 5.78. The fourth-order valence-electron chi connectivity index (χ4n) is 2.93. The molecule has 3 rings (SSSR count). The molecule has 1 N–H and O–H groups in total. The maximum atomic E-state index is 10.4. The molecule has 1 unspecified atom stereocenters. The van der Waals surface area contributed by atoms with Gasteiger partial charge in [-0.2, -0.15) is 0 Å². The molecule has 1 saturated heterocycles. The SMILES string of the molecule is COc1cccc(C2(O)CC2)c1OC1CCCN(C)C1. The minimum atomic E-state index is -0.704. The van der Waals surface area contributed by atoms with E-state index in [2.05, 4.69) is 11.9 Å². The minimum Gasteiger partial charge on any atom is -0.493 e. The van der Waals surface area contributed by atoms with Gasteiger partial charge in [0.25, 0.3) is 0 Å². The van der Waals surface area contributed by atoms with Crippen molar-refractivity contribution >= 4 is 0 Å². The predicted molar refractivity (Wildman–Crippen MR) is 77.3 cm³/mol. The van der Waals surface area contributed by atoms with Gasteiger partial charge in [-0.25, -0.2) is 0 Å². The highest BCUT2D eigenvalue weighted by Gasteiger charge is 2.45. The summed E-state index contributed by atoms with van der Waals surface area (Å²) in [6.45, 7) is 2.05. The summed E-state index contributed by atoms with van der Waals surface area (Å²) >= 11 is 0. The molecule has 1 heterocycles. The largest absolute Gasteiger partial charge is 0.493 e. The average Bonchev–Trinajstić information content (AvgIpc) is 3.18. The maximum absolute atomic E-state index is 10.4. The third kappa shape index (κ3) is 2.63. The molecule has 0 radical (unpaired) electrons. The molecule has 2 aliphatic rings. The van der Waals surface area contributed by atoms with E-state index >= 15 is 0 Å². The molecule has 1 saturated carbocycles. The molecule has 0 amide bonds. The van der Waals surface area contributed by atoms with Gasteiger partial charge in [0.05, 0.1) is 12.7 Å². The van der Waals surface area contributed by atoms with Crippen molar-refractivity contribution in [2.75, 3.05) is 27.2 Å². The smallest absolute Gasteiger partial charge is 0.167 e. The Morgan fingerprint density at radius 1 is 1.35 bits per heavy atom. The van der Waals surface area contributed by atoms with Crippen molar-refractivity contribution in [3.8, 4) is 11.5 Å². The average molecular weight is 277 g/mol. The Bertz CT molecular complexity index is 485. The van der Waals surface area contributed by atoms with E-state index in [9.17, 15) is 5.11 Å². The molecule has 1 aromatic rings. The molecular formula is C16H23NO3. The van der Waals surface area contributed by atoms with Gasteiger partial charge in [-0.05, 0) is 45.3 Å². The normalized spacial score (nSPS) is 25.2. The Labute approximate surface area is 120 Å². The monoisotopic (exact) mass is 277 g/mol. The van der Waals surface area contributed by atoms with Crippen LogP contribution < -0.4 is 9.47 Å². The quantitative estimate of drug-likeness (QED) is 0.915. The maximum Gasteiger partial charge on any atom is 0.167 e. The van der Waals surface area contributed by atoms with Crippen LogP contribution in [0.1, 0.15) is 31.2 Å². The van der Waals surface area contributed by atoms with E-state index in [0.29, 0.717) is 0 Å². The topological polar surface area (TPSA) is 41.9 Å². The van der Waals surface area contributed by atoms with Crippen LogP contribution in [-0.4, -0.2) is 43.4 Å². The Morgan fingerprint density at radius 3 is 2.80 bits per heavy atom. The highest BCUT2D eigenvalue weighted by atomic mass is 16.5. The van der Waals surface area contributed by atoms with E-state index in [-0.39, 0.29) is 6.10 Å². The van der Waals surface area contributed by atoms with E-state index < -0.39 is 5.60 Å². The van der Waals surface area contributed by atoms with Crippen LogP contribution in [0.4, 0.5) is 0 Å². The van der Waals surface area contributed by atoms with Crippen molar-refractivity contribution < 1.29 is 14.6 Å². The van der Waals surface area contributed by atoms with Crippen molar-refractivity contribution in [1.82, 2.24) is 4.90 Å². The first kappa shape index (κ1) is 13.7. The number of piperidine rings is 1. The van der Waals surface area contributed by atoms with Gasteiger partial charge in [0, 0.05) is 12.1 Å². The zero-order valence-corrected chi connectivity index (χ0v) is 12.3. The first-order chi connectivity index (χ1) is 9.62. The Kier molecular flexibility index (Phi) is 3.61. The van der Waals surface area contributed by atoms with Crippen LogP contribution in [0.2, 0.25) is 0 Å². The second-order valence-corrected chi connectivity index (χ2v) is 6.01. The Balaban J connectivity index is 1.86. The van der Waals surface area contributed by atoms with Crippen molar-refractivity contribution in [3.63, 3.8) is 0 Å². The van der Waals surface area contributed by atoms with E-state index in [0.717, 1.165) is 55.8 Å². The lowest BCUT2D eigenvalue weighted by molar-refractivity contribution is 0.0916. The molecule has 4 nitrogen and oxygen atoms in total. The molecular weight excluding hydrogens is 254 g/mol. The van der Waals surface area contributed by atoms with Crippen LogP contribution in [0, 0.1) is 0 Å². The molecule has 0 spiro atoms. The molecule has 110 valence electrons. The fourth-order valence-corrected chi connectivity index (χ4v) is 2.93. The second kappa shape index (κ2) is 5.26. The number of likely N-dealkylation sites (N-methyl/N-ethyl adjacent to an activating group) is 1. The number of likely N-dealkylation sites (tertiary alicyclic amines) is 1. The standard InChI is InChI=1S/C16H23NO3/c1-17-10-4-5-12(11-17)20-15-13(16(18)8-9-16)6-3-7-14(15)19-2/h3,6-7,12,18H,4-5,8-11H2,1-2H3. The zero-order chi connectivity index (χ0) is 14.2.